The molecule has 0 fully saturated rings. The maximum Gasteiger partial charge on any atom is 0.310 e. The molecular weight excluding hydrogens is 362 g/mol. The number of nitrogens with one attached hydrogen (secondary N) is 2. The summed E-state index contributed by atoms with van der Waals surface area (Å²) in [6.45, 7) is 5.43. The van der Waals surface area contributed by atoms with Crippen LogP contribution in [0.5, 0.6) is 5.75 Å². The van der Waals surface area contributed by atoms with Crippen LogP contribution < -0.4 is 15.4 Å². The number of hydrogen-bond donors (Lipinski definition) is 2. The first-order valence-corrected chi connectivity index (χ1v) is 8.87. The van der Waals surface area contributed by atoms with E-state index >= 15 is 0 Å². The second-order valence-electron chi connectivity index (χ2n) is 6.70. The van der Waals surface area contributed by atoms with Crippen molar-refractivity contribution in [3.8, 4) is 5.75 Å². The maximum absolute atomic E-state index is 12.3. The van der Waals surface area contributed by atoms with Crippen molar-refractivity contribution in [2.45, 2.75) is 33.3 Å². The SMILES string of the molecule is CC(C)CC(=O)Nc1ccc(NC(=O)C(C)Oc2ccccc2[N+](=O)[O-])cc1. The molecule has 0 heterocycles. The summed E-state index contributed by atoms with van der Waals surface area (Å²) in [5.74, 6) is -0.230. The fourth-order valence-electron chi connectivity index (χ4n) is 2.42. The Morgan fingerprint density at radius 1 is 1.00 bits per heavy atom. The average Bonchev–Trinajstić information content (AvgIpc) is 2.62. The highest BCUT2D eigenvalue weighted by molar-refractivity contribution is 5.95. The van der Waals surface area contributed by atoms with Gasteiger partial charge in [0.1, 0.15) is 0 Å². The highest BCUT2D eigenvalue weighted by Gasteiger charge is 2.20. The summed E-state index contributed by atoms with van der Waals surface area (Å²) in [5, 5.41) is 16.5. The molecule has 2 aromatic carbocycles. The maximum atomic E-state index is 12.3. The summed E-state index contributed by atoms with van der Waals surface area (Å²) in [6.07, 6.45) is -0.509. The molecule has 2 N–H and O–H groups in total. The molecule has 2 rings (SSSR count). The lowest BCUT2D eigenvalue weighted by atomic mass is 10.1. The standard InChI is InChI=1S/C20H23N3O5/c1-13(2)12-19(24)21-15-8-10-16(11-9-15)22-20(25)14(3)28-18-7-5-4-6-17(18)23(26)27/h4-11,13-14H,12H2,1-3H3,(H,21,24)(H,22,25). The van der Waals surface area contributed by atoms with Crippen molar-refractivity contribution in [1.82, 2.24) is 0 Å². The number of amides is 2. The minimum absolute atomic E-state index is 0.0263. The second kappa shape index (κ2) is 9.50. The van der Waals surface area contributed by atoms with Gasteiger partial charge in [0.05, 0.1) is 4.92 Å². The van der Waals surface area contributed by atoms with Crippen LogP contribution in [-0.4, -0.2) is 22.8 Å². The smallest absolute Gasteiger partial charge is 0.310 e. The highest BCUT2D eigenvalue weighted by Crippen LogP contribution is 2.27. The Kier molecular flexibility index (Phi) is 7.08. The number of nitro groups is 1. The van der Waals surface area contributed by atoms with Crippen molar-refractivity contribution >= 4 is 28.9 Å². The number of para-hydroxylation sites is 2. The second-order valence-corrected chi connectivity index (χ2v) is 6.70. The Balaban J connectivity index is 1.95. The molecule has 0 saturated carbocycles. The predicted octanol–water partition coefficient (Wildman–Crippen LogP) is 3.99. The van der Waals surface area contributed by atoms with E-state index in [4.69, 9.17) is 4.74 Å². The zero-order valence-electron chi connectivity index (χ0n) is 16.0. The Labute approximate surface area is 163 Å². The number of hydrogen-bond acceptors (Lipinski definition) is 5. The van der Waals surface area contributed by atoms with Crippen molar-refractivity contribution in [1.29, 1.82) is 0 Å². The van der Waals surface area contributed by atoms with Crippen molar-refractivity contribution in [2.75, 3.05) is 10.6 Å². The molecule has 0 aliphatic rings. The fraction of sp³-hybridized carbons (Fsp3) is 0.300. The molecule has 0 saturated heterocycles. The van der Waals surface area contributed by atoms with E-state index < -0.39 is 16.9 Å². The van der Waals surface area contributed by atoms with Gasteiger partial charge in [-0.1, -0.05) is 26.0 Å². The number of benzene rings is 2. The zero-order chi connectivity index (χ0) is 20.7. The monoisotopic (exact) mass is 385 g/mol. The molecule has 1 atom stereocenters. The van der Waals surface area contributed by atoms with Crippen LogP contribution in [0.15, 0.2) is 48.5 Å². The van der Waals surface area contributed by atoms with Crippen LogP contribution in [0.2, 0.25) is 0 Å². The lowest BCUT2D eigenvalue weighted by molar-refractivity contribution is -0.386. The highest BCUT2D eigenvalue weighted by atomic mass is 16.6. The number of nitrogens with zero attached hydrogens (tertiary/aromatic N) is 1. The van der Waals surface area contributed by atoms with Gasteiger partial charge in [0.2, 0.25) is 5.91 Å². The fourth-order valence-corrected chi connectivity index (χ4v) is 2.42. The third-order valence-corrected chi connectivity index (χ3v) is 3.76. The molecule has 28 heavy (non-hydrogen) atoms. The zero-order valence-corrected chi connectivity index (χ0v) is 16.0. The Hall–Kier alpha value is -3.42. The quantitative estimate of drug-likeness (QED) is 0.527. The van der Waals surface area contributed by atoms with Gasteiger partial charge in [-0.25, -0.2) is 0 Å². The Morgan fingerprint density at radius 2 is 1.57 bits per heavy atom. The molecule has 0 radical (unpaired) electrons. The van der Waals surface area contributed by atoms with Gasteiger partial charge in [-0.3, -0.25) is 19.7 Å². The van der Waals surface area contributed by atoms with Gasteiger partial charge >= 0.3 is 5.69 Å². The topological polar surface area (TPSA) is 111 Å². The van der Waals surface area contributed by atoms with Crippen molar-refractivity contribution < 1.29 is 19.2 Å². The molecule has 1 unspecified atom stereocenters. The molecule has 148 valence electrons. The summed E-state index contributed by atoms with van der Waals surface area (Å²) < 4.78 is 5.44. The number of nitro benzene ring substituents is 1. The molecule has 0 aromatic heterocycles. The third kappa shape index (κ3) is 6.08. The van der Waals surface area contributed by atoms with Crippen molar-refractivity contribution in [3.05, 3.63) is 58.6 Å². The van der Waals surface area contributed by atoms with Crippen molar-refractivity contribution in [2.24, 2.45) is 5.92 Å². The lowest BCUT2D eigenvalue weighted by Crippen LogP contribution is -2.30. The molecule has 8 heteroatoms. The van der Waals surface area contributed by atoms with Crippen LogP contribution >= 0.6 is 0 Å². The van der Waals surface area contributed by atoms with Gasteiger partial charge in [-0.2, -0.15) is 0 Å². The number of carbonyl (C=O) groups excluding carboxylic acids is 2. The van der Waals surface area contributed by atoms with E-state index in [1.807, 2.05) is 13.8 Å². The van der Waals surface area contributed by atoms with E-state index in [0.717, 1.165) is 0 Å². The van der Waals surface area contributed by atoms with E-state index in [0.29, 0.717) is 17.8 Å². The molecule has 0 spiro atoms. The normalized spacial score (nSPS) is 11.6. The van der Waals surface area contributed by atoms with E-state index in [-0.39, 0.29) is 23.3 Å². The van der Waals surface area contributed by atoms with Gasteiger partial charge < -0.3 is 15.4 Å². The van der Waals surface area contributed by atoms with Gasteiger partial charge in [0, 0.05) is 23.9 Å². The number of carbonyl (C=O) groups is 2. The summed E-state index contributed by atoms with van der Waals surface area (Å²) in [6, 6.07) is 12.5. The molecule has 0 aliphatic heterocycles. The Bertz CT molecular complexity index is 849. The first-order chi connectivity index (χ1) is 13.3. The predicted molar refractivity (Wildman–Crippen MR) is 106 cm³/mol. The molecule has 0 aliphatic carbocycles. The first kappa shape index (κ1) is 20.9. The lowest BCUT2D eigenvalue weighted by Gasteiger charge is -2.15. The summed E-state index contributed by atoms with van der Waals surface area (Å²) in [7, 11) is 0. The molecule has 8 nitrogen and oxygen atoms in total. The molecule has 2 amide bonds. The van der Waals surface area contributed by atoms with E-state index in [2.05, 4.69) is 10.6 Å². The molecule has 2 aromatic rings. The largest absolute Gasteiger partial charge is 0.474 e. The van der Waals surface area contributed by atoms with Crippen LogP contribution in [0.25, 0.3) is 0 Å². The van der Waals surface area contributed by atoms with E-state index in [1.54, 1.807) is 30.3 Å². The Morgan fingerprint density at radius 3 is 2.14 bits per heavy atom. The molecule has 0 bridgehead atoms. The van der Waals surface area contributed by atoms with Gasteiger partial charge in [-0.15, -0.1) is 0 Å². The van der Waals surface area contributed by atoms with Crippen LogP contribution in [0, 0.1) is 16.0 Å². The van der Waals surface area contributed by atoms with Gasteiger partial charge in [0.25, 0.3) is 5.91 Å². The van der Waals surface area contributed by atoms with Crippen LogP contribution in [0.1, 0.15) is 27.2 Å². The summed E-state index contributed by atoms with van der Waals surface area (Å²) in [5.41, 5.74) is 0.946. The number of rotatable bonds is 8. The van der Waals surface area contributed by atoms with Crippen LogP contribution in [0.4, 0.5) is 17.1 Å². The van der Waals surface area contributed by atoms with E-state index in [1.165, 1.54) is 25.1 Å². The third-order valence-electron chi connectivity index (χ3n) is 3.76. The summed E-state index contributed by atoms with van der Waals surface area (Å²) >= 11 is 0. The first-order valence-electron chi connectivity index (χ1n) is 8.87. The number of anilines is 2. The minimum atomic E-state index is -0.938. The van der Waals surface area contributed by atoms with Gasteiger partial charge in [0.15, 0.2) is 11.9 Å². The number of ether oxygens (including phenoxy) is 1. The van der Waals surface area contributed by atoms with Crippen molar-refractivity contribution in [3.63, 3.8) is 0 Å². The van der Waals surface area contributed by atoms with E-state index in [9.17, 15) is 19.7 Å². The van der Waals surface area contributed by atoms with Crippen LogP contribution in [-0.2, 0) is 9.59 Å². The molecular formula is C20H23N3O5. The summed E-state index contributed by atoms with van der Waals surface area (Å²) in [4.78, 5) is 34.5. The minimum Gasteiger partial charge on any atom is -0.474 e. The van der Waals surface area contributed by atoms with Gasteiger partial charge in [-0.05, 0) is 43.2 Å². The van der Waals surface area contributed by atoms with Crippen LogP contribution in [0.3, 0.4) is 0 Å². The average molecular weight is 385 g/mol.